The van der Waals surface area contributed by atoms with Crippen molar-refractivity contribution in [2.24, 2.45) is 5.73 Å². The number of aliphatic hydroxyl groups is 1. The van der Waals surface area contributed by atoms with Crippen LogP contribution in [0.15, 0.2) is 0 Å². The van der Waals surface area contributed by atoms with E-state index < -0.39 is 37.3 Å². The highest BCUT2D eigenvalue weighted by atomic mass is 35.5. The van der Waals surface area contributed by atoms with Crippen LogP contribution in [0, 0.1) is 0 Å². The molecular formula is C7H12ClF3N4O3. The van der Waals surface area contributed by atoms with Crippen LogP contribution in [-0.2, 0) is 4.79 Å². The first kappa shape index (κ1) is 16.7. The molecule has 0 spiro atoms. The van der Waals surface area contributed by atoms with Gasteiger partial charge in [-0.1, -0.05) is 0 Å². The largest absolute Gasteiger partial charge is 0.416 e. The average molecular weight is 293 g/mol. The van der Waals surface area contributed by atoms with Gasteiger partial charge in [0.05, 0.1) is 6.54 Å². The van der Waals surface area contributed by atoms with Gasteiger partial charge in [-0.05, 0) is 0 Å². The number of rotatable bonds is 5. The summed E-state index contributed by atoms with van der Waals surface area (Å²) in [5.41, 5.74) is 7.03. The molecule has 0 aliphatic rings. The normalized spacial score (nSPS) is 13.0. The summed E-state index contributed by atoms with van der Waals surface area (Å²) in [5, 5.41) is 9.30. The molecule has 1 unspecified atom stereocenters. The Kier molecular flexibility index (Phi) is 6.15. The van der Waals surface area contributed by atoms with E-state index in [4.69, 9.17) is 22.6 Å². The Bertz CT molecular complexity index is 315. The Morgan fingerprint density at radius 2 is 2.00 bits per heavy atom. The monoisotopic (exact) mass is 292 g/mol. The summed E-state index contributed by atoms with van der Waals surface area (Å²) in [4.78, 5) is 22.0. The Morgan fingerprint density at radius 1 is 1.50 bits per heavy atom. The molecule has 0 rings (SSSR count). The molecule has 1 atom stereocenters. The second kappa shape index (κ2) is 6.61. The van der Waals surface area contributed by atoms with Crippen molar-refractivity contribution < 1.29 is 27.9 Å². The molecule has 0 bridgehead atoms. The lowest BCUT2D eigenvalue weighted by atomic mass is 10.3. The van der Waals surface area contributed by atoms with Gasteiger partial charge in [0.2, 0.25) is 5.91 Å². The number of hydrogen-bond acceptors (Lipinski definition) is 4. The van der Waals surface area contributed by atoms with E-state index in [0.717, 1.165) is 0 Å². The number of nitrogens with two attached hydrogens (primary N) is 1. The summed E-state index contributed by atoms with van der Waals surface area (Å²) in [6.07, 6.45) is -7.69. The summed E-state index contributed by atoms with van der Waals surface area (Å²) < 4.78 is 36.1. The molecule has 0 aromatic carbocycles. The van der Waals surface area contributed by atoms with Crippen LogP contribution in [0.4, 0.5) is 18.0 Å². The second-order valence-corrected chi connectivity index (χ2v) is 3.57. The molecule has 0 saturated heterocycles. The third kappa shape index (κ3) is 5.38. The molecule has 0 aromatic heterocycles. The Labute approximate surface area is 105 Å². The van der Waals surface area contributed by atoms with Gasteiger partial charge in [0, 0.05) is 18.8 Å². The minimum atomic E-state index is -4.90. The SMILES string of the molecule is CNN(CC(N)=O)C(=O)N(Cl)CC(O)C(F)(F)F. The number of alkyl halides is 3. The van der Waals surface area contributed by atoms with Gasteiger partial charge in [-0.3, -0.25) is 4.79 Å². The first-order chi connectivity index (χ1) is 8.09. The zero-order valence-corrected chi connectivity index (χ0v) is 9.99. The average Bonchev–Trinajstić information content (AvgIpc) is 2.23. The number of hydrazine groups is 1. The van der Waals surface area contributed by atoms with E-state index in [1.54, 1.807) is 0 Å². The number of primary amides is 1. The van der Waals surface area contributed by atoms with Gasteiger partial charge in [-0.2, -0.15) is 13.2 Å². The first-order valence-electron chi connectivity index (χ1n) is 4.54. The van der Waals surface area contributed by atoms with Crippen molar-refractivity contribution in [3.63, 3.8) is 0 Å². The maximum absolute atomic E-state index is 12.0. The lowest BCUT2D eigenvalue weighted by molar-refractivity contribution is -0.204. The van der Waals surface area contributed by atoms with E-state index >= 15 is 0 Å². The van der Waals surface area contributed by atoms with E-state index in [2.05, 4.69) is 5.43 Å². The predicted octanol–water partition coefficient (Wildman–Crippen LogP) is -0.593. The number of carbonyl (C=O) groups is 2. The van der Waals surface area contributed by atoms with Crippen molar-refractivity contribution in [3.8, 4) is 0 Å². The quantitative estimate of drug-likeness (QED) is 0.466. The highest BCUT2D eigenvalue weighted by Crippen LogP contribution is 2.21. The third-order valence-electron chi connectivity index (χ3n) is 1.73. The van der Waals surface area contributed by atoms with Crippen LogP contribution in [-0.4, -0.2) is 58.9 Å². The Morgan fingerprint density at radius 3 is 2.33 bits per heavy atom. The van der Waals surface area contributed by atoms with Crippen LogP contribution < -0.4 is 11.2 Å². The highest BCUT2D eigenvalue weighted by Gasteiger charge is 2.40. The van der Waals surface area contributed by atoms with Crippen LogP contribution >= 0.6 is 11.8 Å². The number of nitrogens with zero attached hydrogens (tertiary/aromatic N) is 2. The van der Waals surface area contributed by atoms with Crippen molar-refractivity contribution in [1.29, 1.82) is 0 Å². The molecule has 0 aliphatic carbocycles. The van der Waals surface area contributed by atoms with Crippen molar-refractivity contribution in [2.45, 2.75) is 12.3 Å². The lowest BCUT2D eigenvalue weighted by Crippen LogP contribution is -2.51. The van der Waals surface area contributed by atoms with Gasteiger partial charge in [-0.25, -0.2) is 19.6 Å². The number of aliphatic hydroxyl groups excluding tert-OH is 1. The standard InChI is InChI=1S/C7H12ClF3N4O3/c1-13-15(3-5(12)17)6(18)14(8)2-4(16)7(9,10)11/h4,13,16H,2-3H2,1H3,(H2,12,17). The molecule has 0 aliphatic heterocycles. The summed E-state index contributed by atoms with van der Waals surface area (Å²) in [6.45, 7) is -1.76. The van der Waals surface area contributed by atoms with Crippen molar-refractivity contribution >= 4 is 23.7 Å². The topological polar surface area (TPSA) is 98.9 Å². The number of nitrogens with one attached hydrogen (secondary N) is 1. The molecule has 4 N–H and O–H groups in total. The molecule has 7 nitrogen and oxygen atoms in total. The molecule has 0 saturated carbocycles. The molecule has 0 radical (unpaired) electrons. The van der Waals surface area contributed by atoms with Gasteiger partial charge < -0.3 is 10.8 Å². The number of urea groups is 1. The zero-order chi connectivity index (χ0) is 14.5. The molecule has 106 valence electrons. The van der Waals surface area contributed by atoms with E-state index in [1.807, 2.05) is 0 Å². The van der Waals surface area contributed by atoms with Gasteiger partial charge in [0.25, 0.3) is 0 Å². The lowest BCUT2D eigenvalue weighted by Gasteiger charge is -2.26. The van der Waals surface area contributed by atoms with Gasteiger partial charge in [0.1, 0.15) is 6.54 Å². The first-order valence-corrected chi connectivity index (χ1v) is 4.88. The van der Waals surface area contributed by atoms with Gasteiger partial charge >= 0.3 is 12.2 Å². The van der Waals surface area contributed by atoms with E-state index in [1.165, 1.54) is 7.05 Å². The maximum Gasteiger partial charge on any atom is 0.416 e. The molecule has 0 heterocycles. The van der Waals surface area contributed by atoms with Crippen LogP contribution in [0.1, 0.15) is 0 Å². The molecule has 11 heteroatoms. The van der Waals surface area contributed by atoms with Gasteiger partial charge in [0.15, 0.2) is 6.10 Å². The molecule has 0 fully saturated rings. The Balaban J connectivity index is 4.53. The maximum atomic E-state index is 12.0. The van der Waals surface area contributed by atoms with Crippen molar-refractivity contribution in [1.82, 2.24) is 14.9 Å². The van der Waals surface area contributed by atoms with Crippen molar-refractivity contribution in [3.05, 3.63) is 0 Å². The van der Waals surface area contributed by atoms with E-state index in [0.29, 0.717) is 5.01 Å². The van der Waals surface area contributed by atoms with Crippen LogP contribution in [0.3, 0.4) is 0 Å². The fourth-order valence-corrected chi connectivity index (χ4v) is 1.08. The minimum Gasteiger partial charge on any atom is -0.382 e. The predicted molar refractivity (Wildman–Crippen MR) is 55.0 cm³/mol. The molecule has 0 aromatic rings. The number of hydrogen-bond donors (Lipinski definition) is 3. The smallest absolute Gasteiger partial charge is 0.382 e. The van der Waals surface area contributed by atoms with E-state index in [-0.39, 0.29) is 4.42 Å². The van der Waals surface area contributed by atoms with Crippen LogP contribution in [0.2, 0.25) is 0 Å². The second-order valence-electron chi connectivity index (χ2n) is 3.16. The number of halogens is 4. The summed E-state index contributed by atoms with van der Waals surface area (Å²) in [7, 11) is 1.24. The fraction of sp³-hybridized carbons (Fsp3) is 0.714. The highest BCUT2D eigenvalue weighted by molar-refractivity contribution is 6.21. The molecule has 3 amide bonds. The summed E-state index contributed by atoms with van der Waals surface area (Å²) in [6, 6.07) is -1.15. The number of carbonyl (C=O) groups excluding carboxylic acids is 2. The zero-order valence-electron chi connectivity index (χ0n) is 9.24. The molecule has 18 heavy (non-hydrogen) atoms. The Hall–Kier alpha value is -1.26. The minimum absolute atomic E-state index is 0.0948. The fourth-order valence-electron chi connectivity index (χ4n) is 0.863. The van der Waals surface area contributed by atoms with Crippen LogP contribution in [0.25, 0.3) is 0 Å². The van der Waals surface area contributed by atoms with Gasteiger partial charge in [-0.15, -0.1) is 0 Å². The summed E-state index contributed by atoms with van der Waals surface area (Å²) >= 11 is 5.28. The molecular weight excluding hydrogens is 281 g/mol. The van der Waals surface area contributed by atoms with E-state index in [9.17, 15) is 22.8 Å². The van der Waals surface area contributed by atoms with Crippen molar-refractivity contribution in [2.75, 3.05) is 20.1 Å². The van der Waals surface area contributed by atoms with Crippen LogP contribution in [0.5, 0.6) is 0 Å². The summed E-state index contributed by atoms with van der Waals surface area (Å²) in [5.74, 6) is -0.890. The third-order valence-corrected chi connectivity index (χ3v) is 2.02. The number of amides is 3.